The van der Waals surface area contributed by atoms with E-state index in [1.54, 1.807) is 17.7 Å². The Morgan fingerprint density at radius 3 is 2.77 bits per heavy atom. The zero-order chi connectivity index (χ0) is 10.2. The lowest BCUT2D eigenvalue weighted by atomic mass is 10.5. The maximum Gasteiger partial charge on any atom is 0.210 e. The first-order chi connectivity index (χ1) is 6.18. The molecule has 0 aliphatic rings. The molecule has 0 aliphatic carbocycles. The molecule has 0 saturated heterocycles. The molecule has 0 aromatic rings. The first-order valence-electron chi connectivity index (χ1n) is 4.25. The maximum absolute atomic E-state index is 5.45. The van der Waals surface area contributed by atoms with Crippen LogP contribution in [-0.2, 0) is 16.3 Å². The van der Waals surface area contributed by atoms with E-state index >= 15 is 0 Å². The van der Waals surface area contributed by atoms with E-state index in [0.29, 0.717) is 6.61 Å². The van der Waals surface area contributed by atoms with E-state index in [1.807, 2.05) is 13.2 Å². The number of nitrogens with one attached hydrogen (secondary N) is 1. The Labute approximate surface area is 89.6 Å². The van der Waals surface area contributed by atoms with Gasteiger partial charge in [0.15, 0.2) is 0 Å². The maximum atomic E-state index is 5.45. The Hall–Kier alpha value is 0.430. The molecule has 0 heterocycles. The van der Waals surface area contributed by atoms with Crippen molar-refractivity contribution in [2.75, 3.05) is 19.4 Å². The van der Waals surface area contributed by atoms with Crippen molar-refractivity contribution in [2.45, 2.75) is 20.3 Å². The average Bonchev–Trinajstić information content (AvgIpc) is 2.13. The Morgan fingerprint density at radius 1 is 1.62 bits per heavy atom. The van der Waals surface area contributed by atoms with Gasteiger partial charge in [-0.3, -0.25) is 4.99 Å². The molecule has 78 valence electrons. The van der Waals surface area contributed by atoms with Crippen LogP contribution in [-0.4, -0.2) is 25.7 Å². The lowest BCUT2D eigenvalue weighted by molar-refractivity contribution is 0.383. The largest absolute Gasteiger partial charge is 0.327 e. The quantitative estimate of drug-likeness (QED) is 0.421. The molecule has 1 unspecified atom stereocenters. The summed E-state index contributed by atoms with van der Waals surface area (Å²) in [6.07, 6.45) is 4.68. The minimum absolute atomic E-state index is 0.646. The van der Waals surface area contributed by atoms with Gasteiger partial charge in [0.25, 0.3) is 0 Å². The minimum atomic E-state index is -1.89. The molecule has 0 radical (unpaired) electrons. The van der Waals surface area contributed by atoms with Crippen LogP contribution in [0.25, 0.3) is 0 Å². The Kier molecular flexibility index (Phi) is 8.06. The smallest absolute Gasteiger partial charge is 0.210 e. The highest BCUT2D eigenvalue weighted by atomic mass is 32.9. The molecule has 3 nitrogen and oxygen atoms in total. The van der Waals surface area contributed by atoms with Gasteiger partial charge in [-0.05, 0) is 31.4 Å². The van der Waals surface area contributed by atoms with Gasteiger partial charge in [-0.15, -0.1) is 0 Å². The molecule has 0 amide bonds. The van der Waals surface area contributed by atoms with Crippen LogP contribution in [0.2, 0.25) is 0 Å². The highest BCUT2D eigenvalue weighted by Crippen LogP contribution is 2.53. The van der Waals surface area contributed by atoms with Crippen molar-refractivity contribution in [1.82, 2.24) is 5.09 Å². The molecule has 0 spiro atoms. The fraction of sp³-hybridized carbons (Fsp3) is 0.857. The van der Waals surface area contributed by atoms with Crippen LogP contribution in [0.3, 0.4) is 0 Å². The van der Waals surface area contributed by atoms with Crippen LogP contribution in [0.1, 0.15) is 20.3 Å². The van der Waals surface area contributed by atoms with Gasteiger partial charge in [-0.25, -0.2) is 0 Å². The zero-order valence-electron chi connectivity index (χ0n) is 8.32. The first kappa shape index (κ1) is 13.4. The van der Waals surface area contributed by atoms with Crippen molar-refractivity contribution >= 4 is 35.1 Å². The Bertz CT molecular complexity index is 199. The average molecular weight is 240 g/mol. The molecule has 1 atom stereocenters. The molecule has 6 heteroatoms. The van der Waals surface area contributed by atoms with E-state index < -0.39 is 5.62 Å². The summed E-state index contributed by atoms with van der Waals surface area (Å²) in [6, 6.07) is 0. The van der Waals surface area contributed by atoms with Crippen LogP contribution < -0.4 is 5.09 Å². The van der Waals surface area contributed by atoms with Crippen LogP contribution in [0.15, 0.2) is 4.99 Å². The number of aliphatic imine (C=N–C) groups is 1. The SMILES string of the molecule is CCCN=CNP(=S)(OCC)SC. The third-order valence-corrected chi connectivity index (χ3v) is 6.76. The topological polar surface area (TPSA) is 33.6 Å². The van der Waals surface area contributed by atoms with Gasteiger partial charge in [0.05, 0.1) is 12.9 Å². The van der Waals surface area contributed by atoms with Gasteiger partial charge < -0.3 is 9.61 Å². The molecule has 0 rings (SSSR count). The summed E-state index contributed by atoms with van der Waals surface area (Å²) in [7, 11) is 0. The van der Waals surface area contributed by atoms with E-state index in [2.05, 4.69) is 17.0 Å². The second kappa shape index (κ2) is 7.80. The summed E-state index contributed by atoms with van der Waals surface area (Å²) in [4.78, 5) is 4.14. The van der Waals surface area contributed by atoms with Crippen molar-refractivity contribution < 1.29 is 4.52 Å². The number of rotatable bonds is 7. The van der Waals surface area contributed by atoms with Crippen LogP contribution >= 0.6 is 17.0 Å². The molecular formula is C7H17N2OPS2. The van der Waals surface area contributed by atoms with Crippen molar-refractivity contribution in [1.29, 1.82) is 0 Å². The van der Waals surface area contributed by atoms with Crippen LogP contribution in [0.4, 0.5) is 0 Å². The van der Waals surface area contributed by atoms with E-state index in [9.17, 15) is 0 Å². The standard InChI is InChI=1S/C7H17N2OPS2/c1-4-6-8-7-9-11(12,13-3)10-5-2/h7H,4-6H2,1-3H3,(H,8,9,12). The first-order valence-corrected chi connectivity index (χ1v) is 8.80. The Balaban J connectivity index is 3.90. The zero-order valence-corrected chi connectivity index (χ0v) is 10.8. The van der Waals surface area contributed by atoms with Crippen molar-refractivity contribution in [3.8, 4) is 0 Å². The van der Waals surface area contributed by atoms with Gasteiger partial charge in [0.2, 0.25) is 5.62 Å². The van der Waals surface area contributed by atoms with Gasteiger partial charge in [0.1, 0.15) is 0 Å². The number of hydrogen-bond donors (Lipinski definition) is 1. The predicted molar refractivity (Wildman–Crippen MR) is 66.2 cm³/mol. The highest BCUT2D eigenvalue weighted by molar-refractivity contribution is 8.68. The van der Waals surface area contributed by atoms with Gasteiger partial charge >= 0.3 is 0 Å². The molecule has 0 aromatic carbocycles. The van der Waals surface area contributed by atoms with Gasteiger partial charge in [-0.1, -0.05) is 18.3 Å². The normalized spacial score (nSPS) is 15.9. The molecule has 0 fully saturated rings. The lowest BCUT2D eigenvalue weighted by Crippen LogP contribution is -2.07. The molecule has 0 saturated carbocycles. The Morgan fingerprint density at radius 2 is 2.31 bits per heavy atom. The molecule has 13 heavy (non-hydrogen) atoms. The minimum Gasteiger partial charge on any atom is -0.327 e. The van der Waals surface area contributed by atoms with Gasteiger partial charge in [0, 0.05) is 6.54 Å². The second-order valence-corrected chi connectivity index (χ2v) is 9.01. The summed E-state index contributed by atoms with van der Waals surface area (Å²) in [5.41, 5.74) is -1.89. The van der Waals surface area contributed by atoms with Crippen molar-refractivity contribution in [2.24, 2.45) is 4.99 Å². The molecular weight excluding hydrogens is 223 g/mol. The van der Waals surface area contributed by atoms with E-state index in [-0.39, 0.29) is 0 Å². The van der Waals surface area contributed by atoms with E-state index in [4.69, 9.17) is 16.3 Å². The lowest BCUT2D eigenvalue weighted by Gasteiger charge is -2.17. The van der Waals surface area contributed by atoms with E-state index in [0.717, 1.165) is 13.0 Å². The number of nitrogens with zero attached hydrogens (tertiary/aromatic N) is 1. The number of hydrogen-bond acceptors (Lipinski definition) is 4. The molecule has 0 bridgehead atoms. The summed E-state index contributed by atoms with van der Waals surface area (Å²) < 4.78 is 5.45. The third kappa shape index (κ3) is 6.49. The van der Waals surface area contributed by atoms with Crippen LogP contribution in [0.5, 0.6) is 0 Å². The van der Waals surface area contributed by atoms with Crippen LogP contribution in [0, 0.1) is 0 Å². The fourth-order valence-electron chi connectivity index (χ4n) is 0.618. The summed E-state index contributed by atoms with van der Waals surface area (Å²) in [6.45, 7) is 5.52. The van der Waals surface area contributed by atoms with Crippen molar-refractivity contribution in [3.63, 3.8) is 0 Å². The fourth-order valence-corrected chi connectivity index (χ4v) is 3.01. The molecule has 0 aliphatic heterocycles. The highest BCUT2D eigenvalue weighted by Gasteiger charge is 2.12. The summed E-state index contributed by atoms with van der Waals surface area (Å²) in [5.74, 6) is 0. The van der Waals surface area contributed by atoms with Gasteiger partial charge in [-0.2, -0.15) is 0 Å². The molecule has 0 aromatic heterocycles. The third-order valence-electron chi connectivity index (χ3n) is 1.20. The van der Waals surface area contributed by atoms with Crippen molar-refractivity contribution in [3.05, 3.63) is 0 Å². The predicted octanol–water partition coefficient (Wildman–Crippen LogP) is 2.64. The second-order valence-electron chi connectivity index (χ2n) is 2.26. The van der Waals surface area contributed by atoms with E-state index in [1.165, 1.54) is 0 Å². The summed E-state index contributed by atoms with van der Waals surface area (Å²) in [5, 5.41) is 3.06. The molecule has 1 N–H and O–H groups in total. The monoisotopic (exact) mass is 240 g/mol. The summed E-state index contributed by atoms with van der Waals surface area (Å²) >= 11 is 6.86.